The van der Waals surface area contributed by atoms with Crippen LogP contribution < -0.4 is 0 Å². The molecule has 19 heavy (non-hydrogen) atoms. The fourth-order valence-corrected chi connectivity index (χ4v) is 8.92. The van der Waals surface area contributed by atoms with E-state index in [9.17, 15) is 4.79 Å². The third-order valence-corrected chi connectivity index (χ3v) is 10.4. The van der Waals surface area contributed by atoms with Crippen LogP contribution in [0.15, 0.2) is 0 Å². The molecule has 2 nitrogen and oxygen atoms in total. The number of carbonyl (C=O) groups excluding carboxylic acids is 1. The lowest BCUT2D eigenvalue weighted by Gasteiger charge is -2.42. The quantitative estimate of drug-likeness (QED) is 0.302. The Hall–Kier alpha value is 0.137. The second kappa shape index (κ2) is 9.14. The van der Waals surface area contributed by atoms with Crippen molar-refractivity contribution in [2.75, 3.05) is 6.61 Å². The topological polar surface area (TPSA) is 26.3 Å². The number of carbonyl (C=O) groups is 1. The van der Waals surface area contributed by atoms with E-state index in [1.807, 2.05) is 0 Å². The zero-order chi connectivity index (χ0) is 15.1. The van der Waals surface area contributed by atoms with E-state index in [1.54, 1.807) is 0 Å². The molecule has 0 aromatic rings. The van der Waals surface area contributed by atoms with Crippen LogP contribution in [-0.4, -0.2) is 20.2 Å². The van der Waals surface area contributed by atoms with Crippen molar-refractivity contribution in [3.63, 3.8) is 0 Å². The van der Waals surface area contributed by atoms with E-state index in [2.05, 4.69) is 41.5 Å². The van der Waals surface area contributed by atoms with Gasteiger partial charge in [-0.15, -0.1) is 0 Å². The summed E-state index contributed by atoms with van der Waals surface area (Å²) >= 11 is 5.32. The van der Waals surface area contributed by atoms with Gasteiger partial charge in [-0.2, -0.15) is 0 Å². The Morgan fingerprint density at radius 1 is 0.947 bits per heavy atom. The Labute approximate surface area is 125 Å². The van der Waals surface area contributed by atoms with Crippen LogP contribution in [0, 0.1) is 0 Å². The highest BCUT2D eigenvalue weighted by molar-refractivity contribution is 6.77. The van der Waals surface area contributed by atoms with Crippen LogP contribution >= 0.6 is 11.6 Å². The van der Waals surface area contributed by atoms with Crippen molar-refractivity contribution in [1.29, 1.82) is 0 Å². The molecular weight excluding hydrogens is 276 g/mol. The SMILES string of the molecule is CC(C)[Si](OCCCCCC(=O)Cl)(C(C)C)C(C)C. The largest absolute Gasteiger partial charge is 0.416 e. The molecule has 0 fully saturated rings. The van der Waals surface area contributed by atoms with Crippen LogP contribution in [0.1, 0.15) is 67.2 Å². The van der Waals surface area contributed by atoms with Crippen molar-refractivity contribution in [3.8, 4) is 0 Å². The fourth-order valence-electron chi connectivity index (χ4n) is 3.29. The minimum Gasteiger partial charge on any atom is -0.416 e. The summed E-state index contributed by atoms with van der Waals surface area (Å²) in [4.78, 5) is 10.6. The summed E-state index contributed by atoms with van der Waals surface area (Å²) in [6.45, 7) is 14.7. The van der Waals surface area contributed by atoms with Gasteiger partial charge in [0.2, 0.25) is 5.24 Å². The summed E-state index contributed by atoms with van der Waals surface area (Å²) < 4.78 is 6.44. The summed E-state index contributed by atoms with van der Waals surface area (Å²) in [6.07, 6.45) is 3.43. The third-order valence-electron chi connectivity index (χ3n) is 4.08. The van der Waals surface area contributed by atoms with Crippen molar-refractivity contribution < 1.29 is 9.22 Å². The van der Waals surface area contributed by atoms with E-state index in [1.165, 1.54) is 0 Å². The standard InChI is InChI=1S/C15H31ClO2Si/c1-12(2)19(13(3)4,14(5)6)18-11-9-7-8-10-15(16)17/h12-14H,7-11H2,1-6H3. The van der Waals surface area contributed by atoms with Crippen LogP contribution in [0.5, 0.6) is 0 Å². The molecule has 0 rings (SSSR count). The lowest BCUT2D eigenvalue weighted by atomic mass is 10.2. The van der Waals surface area contributed by atoms with E-state index < -0.39 is 8.32 Å². The molecule has 0 aliphatic carbocycles. The zero-order valence-electron chi connectivity index (χ0n) is 13.5. The number of rotatable bonds is 10. The Bertz CT molecular complexity index is 243. The minimum absolute atomic E-state index is 0.226. The highest BCUT2D eigenvalue weighted by atomic mass is 35.5. The molecule has 0 spiro atoms. The Morgan fingerprint density at radius 2 is 1.42 bits per heavy atom. The van der Waals surface area contributed by atoms with Crippen molar-refractivity contribution in [1.82, 2.24) is 0 Å². The number of hydrogen-bond donors (Lipinski definition) is 0. The van der Waals surface area contributed by atoms with Gasteiger partial charge >= 0.3 is 0 Å². The molecule has 0 unspecified atom stereocenters. The highest BCUT2D eigenvalue weighted by Crippen LogP contribution is 2.42. The molecule has 0 aliphatic heterocycles. The monoisotopic (exact) mass is 306 g/mol. The fraction of sp³-hybridized carbons (Fsp3) is 0.933. The molecule has 0 amide bonds. The molecular formula is C15H31ClO2Si. The molecule has 4 heteroatoms. The predicted molar refractivity (Wildman–Crippen MR) is 86.3 cm³/mol. The summed E-state index contributed by atoms with van der Waals surface area (Å²) in [6, 6.07) is 0. The van der Waals surface area contributed by atoms with Gasteiger partial charge in [-0.05, 0) is 41.1 Å². The first-order valence-electron chi connectivity index (χ1n) is 7.57. The normalized spacial score (nSPS) is 12.7. The van der Waals surface area contributed by atoms with E-state index >= 15 is 0 Å². The molecule has 0 saturated heterocycles. The van der Waals surface area contributed by atoms with Crippen LogP contribution in [0.3, 0.4) is 0 Å². The Morgan fingerprint density at radius 3 is 1.79 bits per heavy atom. The maximum Gasteiger partial charge on any atom is 0.221 e. The van der Waals surface area contributed by atoms with Crippen LogP contribution in [-0.2, 0) is 9.22 Å². The molecule has 0 aliphatic rings. The molecule has 0 heterocycles. The molecule has 0 bridgehead atoms. The van der Waals surface area contributed by atoms with Gasteiger partial charge < -0.3 is 4.43 Å². The molecule has 0 radical (unpaired) electrons. The average molecular weight is 307 g/mol. The van der Waals surface area contributed by atoms with Gasteiger partial charge in [-0.25, -0.2) is 0 Å². The Balaban J connectivity index is 4.25. The lowest BCUT2D eigenvalue weighted by Crippen LogP contribution is -2.47. The summed E-state index contributed by atoms with van der Waals surface area (Å²) in [5.74, 6) is 0. The predicted octanol–water partition coefficient (Wildman–Crippen LogP) is 5.50. The van der Waals surface area contributed by atoms with Gasteiger partial charge in [0.25, 0.3) is 0 Å². The number of unbranched alkanes of at least 4 members (excludes halogenated alkanes) is 2. The van der Waals surface area contributed by atoms with E-state index in [0.717, 1.165) is 25.9 Å². The summed E-state index contributed by atoms with van der Waals surface area (Å²) in [5.41, 5.74) is 1.91. The lowest BCUT2D eigenvalue weighted by molar-refractivity contribution is -0.111. The third kappa shape index (κ3) is 5.97. The van der Waals surface area contributed by atoms with Crippen LogP contribution in [0.4, 0.5) is 0 Å². The van der Waals surface area contributed by atoms with Gasteiger partial charge in [0.15, 0.2) is 8.32 Å². The molecule has 0 aromatic heterocycles. The van der Waals surface area contributed by atoms with Gasteiger partial charge in [0.1, 0.15) is 0 Å². The second-order valence-corrected chi connectivity index (χ2v) is 12.2. The van der Waals surface area contributed by atoms with Gasteiger partial charge in [0.05, 0.1) is 0 Å². The van der Waals surface area contributed by atoms with Gasteiger partial charge in [-0.3, -0.25) is 4.79 Å². The van der Waals surface area contributed by atoms with Crippen molar-refractivity contribution in [2.45, 2.75) is 83.8 Å². The molecule has 114 valence electrons. The smallest absolute Gasteiger partial charge is 0.221 e. The van der Waals surface area contributed by atoms with Crippen LogP contribution in [0.25, 0.3) is 0 Å². The maximum absolute atomic E-state index is 10.6. The number of halogens is 1. The number of hydrogen-bond acceptors (Lipinski definition) is 2. The van der Waals surface area contributed by atoms with Gasteiger partial charge in [0, 0.05) is 13.0 Å². The van der Waals surface area contributed by atoms with E-state index in [0.29, 0.717) is 23.0 Å². The summed E-state index contributed by atoms with van der Waals surface area (Å²) in [7, 11) is -1.70. The molecule has 0 N–H and O–H groups in total. The first-order chi connectivity index (χ1) is 8.75. The Kier molecular flexibility index (Phi) is 9.21. The zero-order valence-corrected chi connectivity index (χ0v) is 15.2. The maximum atomic E-state index is 10.6. The highest BCUT2D eigenvalue weighted by Gasteiger charge is 2.44. The van der Waals surface area contributed by atoms with Crippen molar-refractivity contribution in [2.24, 2.45) is 0 Å². The van der Waals surface area contributed by atoms with E-state index in [4.69, 9.17) is 16.0 Å². The van der Waals surface area contributed by atoms with Crippen LogP contribution in [0.2, 0.25) is 16.6 Å². The average Bonchev–Trinajstić information content (AvgIpc) is 2.26. The summed E-state index contributed by atoms with van der Waals surface area (Å²) in [5, 5.41) is -0.226. The molecule has 0 aromatic carbocycles. The minimum atomic E-state index is -1.70. The first-order valence-corrected chi connectivity index (χ1v) is 10.1. The van der Waals surface area contributed by atoms with E-state index in [-0.39, 0.29) is 5.24 Å². The molecule has 0 atom stereocenters. The first kappa shape index (κ1) is 19.1. The molecule has 0 saturated carbocycles. The van der Waals surface area contributed by atoms with Crippen molar-refractivity contribution in [3.05, 3.63) is 0 Å². The van der Waals surface area contributed by atoms with Crippen molar-refractivity contribution >= 4 is 25.2 Å². The van der Waals surface area contributed by atoms with Gasteiger partial charge in [-0.1, -0.05) is 48.0 Å². The second-order valence-electron chi connectivity index (χ2n) is 6.33.